The zero-order chi connectivity index (χ0) is 21.5. The van der Waals surface area contributed by atoms with Crippen molar-refractivity contribution in [1.82, 2.24) is 16.0 Å². The van der Waals surface area contributed by atoms with E-state index in [1.165, 1.54) is 0 Å². The number of nitrogens with one attached hydrogen (secondary N) is 3. The van der Waals surface area contributed by atoms with Gasteiger partial charge >= 0.3 is 6.09 Å². The van der Waals surface area contributed by atoms with Crippen LogP contribution in [0.3, 0.4) is 0 Å². The molecule has 0 aliphatic heterocycles. The molecule has 0 unspecified atom stereocenters. The lowest BCUT2D eigenvalue weighted by molar-refractivity contribution is 0.0448. The molecule has 0 spiro atoms. The number of methoxy groups -OCH3 is 1. The van der Waals surface area contributed by atoms with E-state index in [9.17, 15) is 4.79 Å². The number of hydrogen-bond acceptors (Lipinski definition) is 5. The Bertz CT molecular complexity index is 446. The van der Waals surface area contributed by atoms with Crippen LogP contribution in [0, 0.1) is 0 Å². The van der Waals surface area contributed by atoms with Gasteiger partial charge in [0.15, 0.2) is 5.96 Å². The first-order valence-corrected chi connectivity index (χ1v) is 10.2. The molecule has 1 amide bonds. The molecule has 0 rings (SSSR count). The van der Waals surface area contributed by atoms with E-state index in [1.807, 2.05) is 20.8 Å². The molecule has 0 aromatic carbocycles. The third-order valence-corrected chi connectivity index (χ3v) is 4.38. The van der Waals surface area contributed by atoms with Gasteiger partial charge in [-0.2, -0.15) is 0 Å². The molecule has 0 fully saturated rings. The van der Waals surface area contributed by atoms with Gasteiger partial charge in [-0.15, -0.1) is 0 Å². The van der Waals surface area contributed by atoms with Crippen molar-refractivity contribution >= 4 is 12.1 Å². The van der Waals surface area contributed by atoms with Crippen LogP contribution in [-0.2, 0) is 14.2 Å². The average Bonchev–Trinajstić information content (AvgIpc) is 2.63. The minimum Gasteiger partial charge on any atom is -0.444 e. The van der Waals surface area contributed by atoms with Crippen molar-refractivity contribution in [1.29, 1.82) is 0 Å². The SMILES string of the molecule is CCC(CC)(CNC(=NC)NCCCCOCCOC)NC(=O)OC(C)(C)C. The van der Waals surface area contributed by atoms with Crippen LogP contribution in [0.4, 0.5) is 4.79 Å². The molecule has 0 aliphatic rings. The molecule has 3 N–H and O–H groups in total. The summed E-state index contributed by atoms with van der Waals surface area (Å²) in [5, 5.41) is 9.65. The molecular formula is C20H42N4O4. The summed E-state index contributed by atoms with van der Waals surface area (Å²) in [6, 6.07) is 0. The van der Waals surface area contributed by atoms with E-state index in [0.717, 1.165) is 44.8 Å². The number of rotatable bonds is 13. The largest absolute Gasteiger partial charge is 0.444 e. The maximum absolute atomic E-state index is 12.2. The summed E-state index contributed by atoms with van der Waals surface area (Å²) in [6.07, 6.45) is 3.13. The highest BCUT2D eigenvalue weighted by atomic mass is 16.6. The Morgan fingerprint density at radius 2 is 1.68 bits per heavy atom. The van der Waals surface area contributed by atoms with Crippen molar-refractivity contribution in [3.05, 3.63) is 0 Å². The fraction of sp³-hybridized carbons (Fsp3) is 0.900. The van der Waals surface area contributed by atoms with Gasteiger partial charge in [-0.05, 0) is 46.5 Å². The molecule has 28 heavy (non-hydrogen) atoms. The molecule has 0 aromatic rings. The third-order valence-electron chi connectivity index (χ3n) is 4.38. The number of amides is 1. The van der Waals surface area contributed by atoms with Crippen LogP contribution >= 0.6 is 0 Å². The van der Waals surface area contributed by atoms with Crippen molar-refractivity contribution in [2.24, 2.45) is 4.99 Å². The first-order valence-electron chi connectivity index (χ1n) is 10.2. The van der Waals surface area contributed by atoms with Gasteiger partial charge in [0.25, 0.3) is 0 Å². The molecule has 0 atom stereocenters. The number of guanidine groups is 1. The summed E-state index contributed by atoms with van der Waals surface area (Å²) < 4.78 is 15.8. The summed E-state index contributed by atoms with van der Waals surface area (Å²) in [5.74, 6) is 0.720. The van der Waals surface area contributed by atoms with Crippen LogP contribution in [0.5, 0.6) is 0 Å². The molecule has 8 nitrogen and oxygen atoms in total. The number of alkyl carbamates (subject to hydrolysis) is 1. The molecule has 0 saturated carbocycles. The van der Waals surface area contributed by atoms with Gasteiger partial charge in [0.1, 0.15) is 5.60 Å². The highest BCUT2D eigenvalue weighted by Gasteiger charge is 2.30. The first kappa shape index (κ1) is 26.5. The summed E-state index contributed by atoms with van der Waals surface area (Å²) in [5.41, 5.74) is -0.912. The zero-order valence-corrected chi connectivity index (χ0v) is 18.9. The van der Waals surface area contributed by atoms with Crippen molar-refractivity contribution in [3.8, 4) is 0 Å². The van der Waals surface area contributed by atoms with Gasteiger partial charge in [-0.1, -0.05) is 13.8 Å². The van der Waals surface area contributed by atoms with Crippen molar-refractivity contribution in [3.63, 3.8) is 0 Å². The monoisotopic (exact) mass is 402 g/mol. The van der Waals surface area contributed by atoms with E-state index in [4.69, 9.17) is 14.2 Å². The second-order valence-corrected chi connectivity index (χ2v) is 7.78. The Labute approximate surface area is 171 Å². The van der Waals surface area contributed by atoms with Crippen LogP contribution in [0.1, 0.15) is 60.3 Å². The minimum atomic E-state index is -0.518. The number of unbranched alkanes of at least 4 members (excludes halogenated alkanes) is 1. The Kier molecular flexibility index (Phi) is 13.7. The van der Waals surface area contributed by atoms with Crippen LogP contribution in [-0.4, -0.2) is 70.3 Å². The molecule has 0 aliphatic carbocycles. The normalized spacial score (nSPS) is 12.6. The second kappa shape index (κ2) is 14.5. The first-order chi connectivity index (χ1) is 13.2. The highest BCUT2D eigenvalue weighted by Crippen LogP contribution is 2.16. The van der Waals surface area contributed by atoms with E-state index in [-0.39, 0.29) is 0 Å². The predicted molar refractivity (Wildman–Crippen MR) is 114 cm³/mol. The third kappa shape index (κ3) is 12.8. The molecule has 0 bridgehead atoms. The minimum absolute atomic E-state index is 0.394. The van der Waals surface area contributed by atoms with Gasteiger partial charge in [0.2, 0.25) is 0 Å². The van der Waals surface area contributed by atoms with Crippen LogP contribution in [0.2, 0.25) is 0 Å². The van der Waals surface area contributed by atoms with Crippen molar-refractivity contribution < 1.29 is 19.0 Å². The summed E-state index contributed by atoms with van der Waals surface area (Å²) in [7, 11) is 3.41. The van der Waals surface area contributed by atoms with Crippen molar-refractivity contribution in [2.45, 2.75) is 71.4 Å². The average molecular weight is 403 g/mol. The van der Waals surface area contributed by atoms with Crippen LogP contribution in [0.15, 0.2) is 4.99 Å². The molecule has 0 radical (unpaired) electrons. The Morgan fingerprint density at radius 3 is 2.21 bits per heavy atom. The number of nitrogens with zero attached hydrogens (tertiary/aromatic N) is 1. The number of hydrogen-bond donors (Lipinski definition) is 3. The molecule has 0 aromatic heterocycles. The van der Waals surface area contributed by atoms with Crippen LogP contribution < -0.4 is 16.0 Å². The lowest BCUT2D eigenvalue weighted by Crippen LogP contribution is -2.57. The molecule has 166 valence electrons. The molecular weight excluding hydrogens is 360 g/mol. The molecule has 0 saturated heterocycles. The number of carbonyl (C=O) groups excluding carboxylic acids is 1. The standard InChI is InChI=1S/C20H42N4O4/c1-8-20(9-2,24-18(25)28-19(3,4)5)16-23-17(21-6)22-12-10-11-13-27-15-14-26-7/h8-16H2,1-7H3,(H,24,25)(H2,21,22,23). The fourth-order valence-electron chi connectivity index (χ4n) is 2.49. The van der Waals surface area contributed by atoms with Gasteiger partial charge in [-0.25, -0.2) is 4.79 Å². The smallest absolute Gasteiger partial charge is 0.408 e. The Morgan fingerprint density at radius 1 is 1.00 bits per heavy atom. The molecule has 8 heteroatoms. The Balaban J connectivity index is 4.34. The Hall–Kier alpha value is -1.54. The van der Waals surface area contributed by atoms with Gasteiger partial charge < -0.3 is 30.2 Å². The van der Waals surface area contributed by atoms with Gasteiger partial charge in [-0.3, -0.25) is 4.99 Å². The topological polar surface area (TPSA) is 93.2 Å². The number of aliphatic imine (C=N–C) groups is 1. The second-order valence-electron chi connectivity index (χ2n) is 7.78. The van der Waals surface area contributed by atoms with Crippen molar-refractivity contribution in [2.75, 3.05) is 47.1 Å². The van der Waals surface area contributed by atoms with Gasteiger partial charge in [0.05, 0.1) is 18.8 Å². The zero-order valence-electron chi connectivity index (χ0n) is 18.9. The van der Waals surface area contributed by atoms with E-state index < -0.39 is 17.2 Å². The fourth-order valence-corrected chi connectivity index (χ4v) is 2.49. The lowest BCUT2D eigenvalue weighted by Gasteiger charge is -2.34. The summed E-state index contributed by atoms with van der Waals surface area (Å²) in [4.78, 5) is 16.5. The quantitative estimate of drug-likeness (QED) is 0.249. The summed E-state index contributed by atoms with van der Waals surface area (Å²) in [6.45, 7) is 13.1. The maximum atomic E-state index is 12.2. The number of ether oxygens (including phenoxy) is 3. The van der Waals surface area contributed by atoms with E-state index >= 15 is 0 Å². The predicted octanol–water partition coefficient (Wildman–Crippen LogP) is 2.68. The van der Waals surface area contributed by atoms with E-state index in [0.29, 0.717) is 19.8 Å². The highest BCUT2D eigenvalue weighted by molar-refractivity contribution is 5.79. The maximum Gasteiger partial charge on any atom is 0.408 e. The van der Waals surface area contributed by atoms with Gasteiger partial charge in [0, 0.05) is 33.9 Å². The molecule has 0 heterocycles. The lowest BCUT2D eigenvalue weighted by atomic mass is 9.93. The van der Waals surface area contributed by atoms with E-state index in [1.54, 1.807) is 14.2 Å². The number of carbonyl (C=O) groups is 1. The van der Waals surface area contributed by atoms with E-state index in [2.05, 4.69) is 34.8 Å². The van der Waals surface area contributed by atoms with Crippen LogP contribution in [0.25, 0.3) is 0 Å². The summed E-state index contributed by atoms with van der Waals surface area (Å²) >= 11 is 0.